The van der Waals surface area contributed by atoms with E-state index in [9.17, 15) is 0 Å². The van der Waals surface area contributed by atoms with Crippen molar-refractivity contribution in [1.29, 1.82) is 0 Å². The van der Waals surface area contributed by atoms with Gasteiger partial charge in [-0.25, -0.2) is 0 Å². The lowest BCUT2D eigenvalue weighted by Gasteiger charge is -2.20. The summed E-state index contributed by atoms with van der Waals surface area (Å²) in [6.07, 6.45) is 0. The predicted molar refractivity (Wildman–Crippen MR) is 87.1 cm³/mol. The van der Waals surface area contributed by atoms with Gasteiger partial charge < -0.3 is 15.4 Å². The van der Waals surface area contributed by atoms with Gasteiger partial charge in [-0.2, -0.15) is 0 Å². The SMILES string of the molecule is COc1ccc(CN(C)c2cccc(CN)c2)cc1Br. The molecule has 0 aromatic heterocycles. The van der Waals surface area contributed by atoms with Crippen molar-refractivity contribution >= 4 is 21.6 Å². The number of rotatable bonds is 5. The van der Waals surface area contributed by atoms with Crippen molar-refractivity contribution in [3.63, 3.8) is 0 Å². The Hall–Kier alpha value is -1.52. The van der Waals surface area contributed by atoms with Crippen LogP contribution in [0.1, 0.15) is 11.1 Å². The van der Waals surface area contributed by atoms with E-state index < -0.39 is 0 Å². The van der Waals surface area contributed by atoms with E-state index in [1.54, 1.807) is 7.11 Å². The Balaban J connectivity index is 2.14. The molecule has 0 fully saturated rings. The summed E-state index contributed by atoms with van der Waals surface area (Å²) >= 11 is 3.52. The van der Waals surface area contributed by atoms with Gasteiger partial charge in [-0.05, 0) is 51.3 Å². The first kappa shape index (κ1) is 14.9. The van der Waals surface area contributed by atoms with Crippen molar-refractivity contribution in [1.82, 2.24) is 0 Å². The third-order valence-electron chi connectivity index (χ3n) is 3.22. The Kier molecular flexibility index (Phi) is 5.04. The quantitative estimate of drug-likeness (QED) is 0.908. The zero-order valence-corrected chi connectivity index (χ0v) is 13.4. The number of halogens is 1. The number of benzene rings is 2. The van der Waals surface area contributed by atoms with E-state index in [4.69, 9.17) is 10.5 Å². The topological polar surface area (TPSA) is 38.5 Å². The fourth-order valence-corrected chi connectivity index (χ4v) is 2.68. The van der Waals surface area contributed by atoms with E-state index in [1.807, 2.05) is 18.2 Å². The predicted octanol–water partition coefficient (Wildman–Crippen LogP) is 3.55. The molecule has 20 heavy (non-hydrogen) atoms. The van der Waals surface area contributed by atoms with Gasteiger partial charge in [-0.1, -0.05) is 18.2 Å². The van der Waals surface area contributed by atoms with Gasteiger partial charge in [0.1, 0.15) is 5.75 Å². The van der Waals surface area contributed by atoms with E-state index >= 15 is 0 Å². The lowest BCUT2D eigenvalue weighted by atomic mass is 10.1. The maximum atomic E-state index is 5.68. The van der Waals surface area contributed by atoms with Crippen LogP contribution in [0.2, 0.25) is 0 Å². The van der Waals surface area contributed by atoms with Crippen molar-refractivity contribution in [2.24, 2.45) is 5.73 Å². The number of hydrogen-bond donors (Lipinski definition) is 1. The number of nitrogens with two attached hydrogens (primary N) is 1. The molecule has 2 aromatic rings. The molecule has 0 radical (unpaired) electrons. The minimum atomic E-state index is 0.565. The molecule has 3 nitrogen and oxygen atoms in total. The van der Waals surface area contributed by atoms with Crippen LogP contribution in [0.15, 0.2) is 46.9 Å². The van der Waals surface area contributed by atoms with Crippen LogP contribution in [0.5, 0.6) is 5.75 Å². The molecule has 0 aliphatic carbocycles. The molecule has 4 heteroatoms. The van der Waals surface area contributed by atoms with Crippen LogP contribution in [-0.4, -0.2) is 14.2 Å². The fourth-order valence-electron chi connectivity index (χ4n) is 2.09. The molecule has 0 amide bonds. The summed E-state index contributed by atoms with van der Waals surface area (Å²) in [6, 6.07) is 14.4. The lowest BCUT2D eigenvalue weighted by Crippen LogP contribution is -2.16. The summed E-state index contributed by atoms with van der Waals surface area (Å²) < 4.78 is 6.22. The molecule has 106 valence electrons. The highest BCUT2D eigenvalue weighted by Gasteiger charge is 2.06. The van der Waals surface area contributed by atoms with Crippen molar-refractivity contribution in [2.75, 3.05) is 19.1 Å². The smallest absolute Gasteiger partial charge is 0.133 e. The van der Waals surface area contributed by atoms with E-state index in [1.165, 1.54) is 11.3 Å². The van der Waals surface area contributed by atoms with Crippen LogP contribution in [-0.2, 0) is 13.1 Å². The maximum Gasteiger partial charge on any atom is 0.133 e. The molecule has 0 unspecified atom stereocenters. The van der Waals surface area contributed by atoms with Crippen molar-refractivity contribution in [3.8, 4) is 5.75 Å². The minimum absolute atomic E-state index is 0.565. The molecule has 0 bridgehead atoms. The number of nitrogens with zero attached hydrogens (tertiary/aromatic N) is 1. The normalized spacial score (nSPS) is 10.4. The van der Waals surface area contributed by atoms with E-state index in [0.717, 1.165) is 22.3 Å². The van der Waals surface area contributed by atoms with Gasteiger partial charge in [0.15, 0.2) is 0 Å². The van der Waals surface area contributed by atoms with Crippen LogP contribution < -0.4 is 15.4 Å². The van der Waals surface area contributed by atoms with Crippen LogP contribution in [0.3, 0.4) is 0 Å². The zero-order chi connectivity index (χ0) is 14.5. The Morgan fingerprint density at radius 3 is 2.60 bits per heavy atom. The summed E-state index contributed by atoms with van der Waals surface area (Å²) in [5.74, 6) is 0.849. The number of methoxy groups -OCH3 is 1. The molecular formula is C16H19BrN2O. The van der Waals surface area contributed by atoms with E-state index in [-0.39, 0.29) is 0 Å². The number of hydrogen-bond acceptors (Lipinski definition) is 3. The second kappa shape index (κ2) is 6.77. The van der Waals surface area contributed by atoms with Crippen molar-refractivity contribution in [3.05, 3.63) is 58.1 Å². The summed E-state index contributed by atoms with van der Waals surface area (Å²) in [5, 5.41) is 0. The van der Waals surface area contributed by atoms with E-state index in [0.29, 0.717) is 6.54 Å². The average molecular weight is 335 g/mol. The molecule has 2 N–H and O–H groups in total. The zero-order valence-electron chi connectivity index (χ0n) is 11.8. The summed E-state index contributed by atoms with van der Waals surface area (Å²) in [7, 11) is 3.75. The fraction of sp³-hybridized carbons (Fsp3) is 0.250. The van der Waals surface area contributed by atoms with Crippen LogP contribution >= 0.6 is 15.9 Å². The molecule has 0 spiro atoms. The molecule has 0 aliphatic rings. The first-order chi connectivity index (χ1) is 9.63. The van der Waals surface area contributed by atoms with Crippen LogP contribution in [0.25, 0.3) is 0 Å². The second-order valence-corrected chi connectivity index (χ2v) is 5.55. The average Bonchev–Trinajstić information content (AvgIpc) is 2.47. The Labute approximate surface area is 128 Å². The molecule has 0 saturated carbocycles. The molecule has 0 atom stereocenters. The molecule has 0 saturated heterocycles. The Bertz CT molecular complexity index is 586. The van der Waals surface area contributed by atoms with Gasteiger partial charge in [0, 0.05) is 25.8 Å². The van der Waals surface area contributed by atoms with Gasteiger partial charge in [0.25, 0.3) is 0 Å². The molecule has 2 rings (SSSR count). The summed E-state index contributed by atoms with van der Waals surface area (Å²) in [5.41, 5.74) is 9.22. The highest BCUT2D eigenvalue weighted by Crippen LogP contribution is 2.26. The Morgan fingerprint density at radius 2 is 1.95 bits per heavy atom. The van der Waals surface area contributed by atoms with Crippen LogP contribution in [0.4, 0.5) is 5.69 Å². The van der Waals surface area contributed by atoms with Crippen LogP contribution in [0, 0.1) is 0 Å². The van der Waals surface area contributed by atoms with Gasteiger partial charge in [0.05, 0.1) is 11.6 Å². The monoisotopic (exact) mass is 334 g/mol. The van der Waals surface area contributed by atoms with Gasteiger partial charge in [0.2, 0.25) is 0 Å². The lowest BCUT2D eigenvalue weighted by molar-refractivity contribution is 0.412. The summed E-state index contributed by atoms with van der Waals surface area (Å²) in [6.45, 7) is 1.40. The summed E-state index contributed by atoms with van der Waals surface area (Å²) in [4.78, 5) is 2.20. The molecule has 0 heterocycles. The third kappa shape index (κ3) is 3.52. The van der Waals surface area contributed by atoms with Gasteiger partial charge in [-0.15, -0.1) is 0 Å². The third-order valence-corrected chi connectivity index (χ3v) is 3.84. The molecule has 2 aromatic carbocycles. The van der Waals surface area contributed by atoms with Crippen molar-refractivity contribution in [2.45, 2.75) is 13.1 Å². The van der Waals surface area contributed by atoms with Gasteiger partial charge >= 0.3 is 0 Å². The Morgan fingerprint density at radius 1 is 1.15 bits per heavy atom. The highest BCUT2D eigenvalue weighted by atomic mass is 79.9. The van der Waals surface area contributed by atoms with Gasteiger partial charge in [-0.3, -0.25) is 0 Å². The minimum Gasteiger partial charge on any atom is -0.496 e. The number of ether oxygens (including phenoxy) is 1. The maximum absolute atomic E-state index is 5.68. The number of anilines is 1. The first-order valence-corrected chi connectivity index (χ1v) is 7.26. The largest absolute Gasteiger partial charge is 0.496 e. The molecular weight excluding hydrogens is 316 g/mol. The van der Waals surface area contributed by atoms with E-state index in [2.05, 4.69) is 52.1 Å². The second-order valence-electron chi connectivity index (χ2n) is 4.70. The standard InChI is InChI=1S/C16H19BrN2O/c1-19(14-5-3-4-12(8-14)10-18)11-13-6-7-16(20-2)15(17)9-13/h3-9H,10-11,18H2,1-2H3. The molecule has 0 aliphatic heterocycles. The van der Waals surface area contributed by atoms with Crippen molar-refractivity contribution < 1.29 is 4.74 Å². The first-order valence-electron chi connectivity index (χ1n) is 6.46. The highest BCUT2D eigenvalue weighted by molar-refractivity contribution is 9.10.